The second-order valence-corrected chi connectivity index (χ2v) is 5.59. The lowest BCUT2D eigenvalue weighted by Crippen LogP contribution is -2.28. The SMILES string of the molecule is Cc1cc2c(n1CC(F)F)CC(C)(C)CC2=O. The molecule has 0 radical (unpaired) electrons. The Morgan fingerprint density at radius 2 is 2.06 bits per heavy atom. The smallest absolute Gasteiger partial charge is 0.256 e. The zero-order chi connectivity index (χ0) is 12.8. The fourth-order valence-electron chi connectivity index (χ4n) is 2.60. The van der Waals surface area contributed by atoms with Gasteiger partial charge in [0.15, 0.2) is 5.78 Å². The highest BCUT2D eigenvalue weighted by Crippen LogP contribution is 2.36. The molecule has 0 aromatic carbocycles. The minimum atomic E-state index is -2.38. The van der Waals surface area contributed by atoms with Crippen molar-refractivity contribution in [1.29, 1.82) is 0 Å². The van der Waals surface area contributed by atoms with E-state index in [4.69, 9.17) is 0 Å². The second-order valence-electron chi connectivity index (χ2n) is 5.59. The first kappa shape index (κ1) is 12.3. The van der Waals surface area contributed by atoms with Gasteiger partial charge >= 0.3 is 0 Å². The molecule has 0 spiro atoms. The minimum absolute atomic E-state index is 0.0763. The lowest BCUT2D eigenvalue weighted by atomic mass is 9.76. The Morgan fingerprint density at radius 1 is 1.41 bits per heavy atom. The molecule has 1 aliphatic rings. The summed E-state index contributed by atoms with van der Waals surface area (Å²) in [5.74, 6) is 0.0763. The maximum Gasteiger partial charge on any atom is 0.256 e. The van der Waals surface area contributed by atoms with Gasteiger partial charge in [0.1, 0.15) is 0 Å². The lowest BCUT2D eigenvalue weighted by Gasteiger charge is -2.29. The van der Waals surface area contributed by atoms with Gasteiger partial charge in [-0.05, 0) is 24.8 Å². The van der Waals surface area contributed by atoms with E-state index in [9.17, 15) is 13.6 Å². The number of nitrogens with zero attached hydrogens (tertiary/aromatic N) is 1. The Bertz CT molecular complexity index is 460. The van der Waals surface area contributed by atoms with Gasteiger partial charge in [0.05, 0.1) is 6.54 Å². The molecule has 94 valence electrons. The summed E-state index contributed by atoms with van der Waals surface area (Å²) >= 11 is 0. The molecule has 1 aromatic rings. The van der Waals surface area contributed by atoms with Crippen molar-refractivity contribution in [1.82, 2.24) is 4.57 Å². The first-order valence-corrected chi connectivity index (χ1v) is 5.80. The summed E-state index contributed by atoms with van der Waals surface area (Å²) in [6, 6.07) is 1.75. The number of aromatic nitrogens is 1. The van der Waals surface area contributed by atoms with E-state index in [1.165, 1.54) is 0 Å². The Labute approximate surface area is 99.6 Å². The third-order valence-electron chi connectivity index (χ3n) is 3.32. The molecule has 1 aromatic heterocycles. The number of carbonyl (C=O) groups excluding carboxylic acids is 1. The molecule has 0 N–H and O–H groups in total. The first-order valence-electron chi connectivity index (χ1n) is 5.80. The number of fused-ring (bicyclic) bond motifs is 1. The van der Waals surface area contributed by atoms with Crippen molar-refractivity contribution in [2.45, 2.75) is 46.6 Å². The van der Waals surface area contributed by atoms with E-state index >= 15 is 0 Å². The van der Waals surface area contributed by atoms with E-state index in [2.05, 4.69) is 0 Å². The van der Waals surface area contributed by atoms with Crippen LogP contribution in [0.1, 0.15) is 42.0 Å². The van der Waals surface area contributed by atoms with Gasteiger partial charge in [0.25, 0.3) is 6.43 Å². The summed E-state index contributed by atoms with van der Waals surface area (Å²) in [7, 11) is 0. The van der Waals surface area contributed by atoms with Crippen molar-refractivity contribution in [3.05, 3.63) is 23.0 Å². The van der Waals surface area contributed by atoms with Gasteiger partial charge in [0.2, 0.25) is 0 Å². The quantitative estimate of drug-likeness (QED) is 0.779. The van der Waals surface area contributed by atoms with E-state index in [1.54, 1.807) is 17.6 Å². The fraction of sp³-hybridized carbons (Fsp3) is 0.615. The van der Waals surface area contributed by atoms with Gasteiger partial charge in [0, 0.05) is 23.4 Å². The zero-order valence-electron chi connectivity index (χ0n) is 10.4. The zero-order valence-corrected chi connectivity index (χ0v) is 10.4. The van der Waals surface area contributed by atoms with Crippen molar-refractivity contribution in [2.24, 2.45) is 5.41 Å². The average Bonchev–Trinajstić information content (AvgIpc) is 2.43. The van der Waals surface area contributed by atoms with Gasteiger partial charge in [-0.3, -0.25) is 4.79 Å². The summed E-state index contributed by atoms with van der Waals surface area (Å²) < 4.78 is 26.7. The Hall–Kier alpha value is -1.19. The van der Waals surface area contributed by atoms with Crippen LogP contribution in [0.25, 0.3) is 0 Å². The number of Topliss-reactive ketones (excluding diaryl/α,β-unsaturated/α-hetero) is 1. The number of aryl methyl sites for hydroxylation is 1. The van der Waals surface area contributed by atoms with Crippen LogP contribution in [0.3, 0.4) is 0 Å². The molecule has 0 fully saturated rings. The van der Waals surface area contributed by atoms with Gasteiger partial charge in [-0.2, -0.15) is 0 Å². The van der Waals surface area contributed by atoms with Crippen molar-refractivity contribution >= 4 is 5.78 Å². The van der Waals surface area contributed by atoms with Gasteiger partial charge in [-0.25, -0.2) is 8.78 Å². The third kappa shape index (κ3) is 2.26. The number of rotatable bonds is 2. The summed E-state index contributed by atoms with van der Waals surface area (Å²) in [4.78, 5) is 12.0. The van der Waals surface area contributed by atoms with E-state index in [0.29, 0.717) is 18.4 Å². The fourth-order valence-corrected chi connectivity index (χ4v) is 2.60. The molecule has 1 aliphatic carbocycles. The molecule has 0 amide bonds. The maximum atomic E-state index is 12.5. The molecule has 17 heavy (non-hydrogen) atoms. The van der Waals surface area contributed by atoms with E-state index in [0.717, 1.165) is 11.4 Å². The van der Waals surface area contributed by atoms with Crippen LogP contribution in [0.15, 0.2) is 6.07 Å². The van der Waals surface area contributed by atoms with Crippen molar-refractivity contribution < 1.29 is 13.6 Å². The van der Waals surface area contributed by atoms with Crippen molar-refractivity contribution in [3.63, 3.8) is 0 Å². The molecule has 4 heteroatoms. The van der Waals surface area contributed by atoms with E-state index < -0.39 is 6.43 Å². The summed E-state index contributed by atoms with van der Waals surface area (Å²) in [5, 5.41) is 0. The van der Waals surface area contributed by atoms with Crippen LogP contribution in [0.5, 0.6) is 0 Å². The van der Waals surface area contributed by atoms with Crippen LogP contribution in [-0.2, 0) is 13.0 Å². The normalized spacial score (nSPS) is 18.6. The van der Waals surface area contributed by atoms with Crippen LogP contribution < -0.4 is 0 Å². The number of alkyl halides is 2. The average molecular weight is 241 g/mol. The molecule has 2 nitrogen and oxygen atoms in total. The number of carbonyl (C=O) groups is 1. The number of halogens is 2. The standard InChI is InChI=1S/C13H17F2NO/c1-8-4-9-10(16(8)7-12(14)15)5-13(2,3)6-11(9)17/h4,12H,5-7H2,1-3H3. The molecule has 1 heterocycles. The Morgan fingerprint density at radius 3 is 2.65 bits per heavy atom. The minimum Gasteiger partial charge on any atom is -0.342 e. The predicted molar refractivity (Wildman–Crippen MR) is 61.6 cm³/mol. The molecule has 0 saturated heterocycles. The highest BCUT2D eigenvalue weighted by molar-refractivity contribution is 5.99. The number of ketones is 1. The van der Waals surface area contributed by atoms with E-state index in [1.807, 2.05) is 13.8 Å². The maximum absolute atomic E-state index is 12.5. The van der Waals surface area contributed by atoms with Crippen LogP contribution in [0.4, 0.5) is 8.78 Å². The molecular formula is C13H17F2NO. The molecular weight excluding hydrogens is 224 g/mol. The predicted octanol–water partition coefficient (Wildman–Crippen LogP) is 3.22. The summed E-state index contributed by atoms with van der Waals surface area (Å²) in [6.07, 6.45) is -1.20. The largest absolute Gasteiger partial charge is 0.342 e. The van der Waals surface area contributed by atoms with Gasteiger partial charge in [-0.1, -0.05) is 13.8 Å². The molecule has 0 aliphatic heterocycles. The molecule has 0 unspecified atom stereocenters. The van der Waals surface area contributed by atoms with Gasteiger partial charge in [-0.15, -0.1) is 0 Å². The molecule has 0 atom stereocenters. The molecule has 2 rings (SSSR count). The van der Waals surface area contributed by atoms with E-state index in [-0.39, 0.29) is 17.7 Å². The number of hydrogen-bond acceptors (Lipinski definition) is 1. The Kier molecular flexibility index (Phi) is 2.84. The van der Waals surface area contributed by atoms with Crippen LogP contribution in [0.2, 0.25) is 0 Å². The van der Waals surface area contributed by atoms with Crippen LogP contribution in [-0.4, -0.2) is 16.8 Å². The van der Waals surface area contributed by atoms with Crippen molar-refractivity contribution in [3.8, 4) is 0 Å². The second kappa shape index (κ2) is 3.93. The monoisotopic (exact) mass is 241 g/mol. The Balaban J connectivity index is 2.47. The third-order valence-corrected chi connectivity index (χ3v) is 3.32. The topological polar surface area (TPSA) is 22.0 Å². The number of hydrogen-bond donors (Lipinski definition) is 0. The molecule has 0 bridgehead atoms. The summed E-state index contributed by atoms with van der Waals surface area (Å²) in [6.45, 7) is 5.47. The highest BCUT2D eigenvalue weighted by Gasteiger charge is 2.34. The highest BCUT2D eigenvalue weighted by atomic mass is 19.3. The van der Waals surface area contributed by atoms with Crippen LogP contribution >= 0.6 is 0 Å². The molecule has 0 saturated carbocycles. The summed E-state index contributed by atoms with van der Waals surface area (Å²) in [5.41, 5.74) is 2.04. The van der Waals surface area contributed by atoms with Crippen LogP contribution in [0, 0.1) is 12.3 Å². The first-order chi connectivity index (χ1) is 7.80. The van der Waals surface area contributed by atoms with Crippen molar-refractivity contribution in [2.75, 3.05) is 0 Å². The van der Waals surface area contributed by atoms with Gasteiger partial charge < -0.3 is 4.57 Å². The lowest BCUT2D eigenvalue weighted by molar-refractivity contribution is 0.0902.